The molecule has 0 N–H and O–H groups in total. The molecule has 2 fully saturated rings. The molecule has 4 nitrogen and oxygen atoms in total. The Hall–Kier alpha value is -1.30. The number of likely N-dealkylation sites (tertiary alicyclic amines) is 1. The van der Waals surface area contributed by atoms with Crippen LogP contribution >= 0.6 is 11.8 Å². The zero-order chi connectivity index (χ0) is 15.6. The largest absolute Gasteiger partial charge is 0.471 e. The Kier molecular flexibility index (Phi) is 4.57. The van der Waals surface area contributed by atoms with Crippen molar-refractivity contribution >= 4 is 17.7 Å². The highest BCUT2D eigenvalue weighted by molar-refractivity contribution is 8.01. The van der Waals surface area contributed by atoms with Crippen LogP contribution < -0.4 is 4.74 Å². The van der Waals surface area contributed by atoms with E-state index < -0.39 is 5.82 Å². The number of halogens is 1. The van der Waals surface area contributed by atoms with E-state index in [1.54, 1.807) is 6.07 Å². The number of rotatable bonds is 5. The molecule has 0 bridgehead atoms. The lowest BCUT2D eigenvalue weighted by Gasteiger charge is -2.47. The molecule has 1 amide bonds. The summed E-state index contributed by atoms with van der Waals surface area (Å²) in [5.74, 6) is 0.750. The molecule has 2 saturated heterocycles. The van der Waals surface area contributed by atoms with Gasteiger partial charge in [0.25, 0.3) is 5.88 Å². The number of pyridine rings is 1. The second-order valence-electron chi connectivity index (χ2n) is 6.08. The van der Waals surface area contributed by atoms with Gasteiger partial charge in [0, 0.05) is 37.9 Å². The average molecular weight is 324 g/mol. The Morgan fingerprint density at radius 3 is 3.14 bits per heavy atom. The predicted octanol–water partition coefficient (Wildman–Crippen LogP) is 2.88. The minimum atomic E-state index is -0.418. The van der Waals surface area contributed by atoms with Crippen molar-refractivity contribution < 1.29 is 13.9 Å². The molecule has 2 aliphatic heterocycles. The van der Waals surface area contributed by atoms with Gasteiger partial charge in [0.1, 0.15) is 6.10 Å². The van der Waals surface area contributed by atoms with Gasteiger partial charge in [0.2, 0.25) is 5.91 Å². The molecule has 2 aliphatic rings. The Morgan fingerprint density at radius 2 is 2.41 bits per heavy atom. The zero-order valence-corrected chi connectivity index (χ0v) is 13.6. The number of nitrogens with zero attached hydrogens (tertiary/aromatic N) is 2. The van der Waals surface area contributed by atoms with Crippen LogP contribution in [-0.2, 0) is 4.79 Å². The number of thioether (sulfide) groups is 1. The van der Waals surface area contributed by atoms with Gasteiger partial charge >= 0.3 is 0 Å². The first kappa shape index (κ1) is 15.6. The fourth-order valence-corrected chi connectivity index (χ4v) is 4.55. The molecule has 3 rings (SSSR count). The van der Waals surface area contributed by atoms with E-state index in [1.807, 2.05) is 16.7 Å². The van der Waals surface area contributed by atoms with Gasteiger partial charge in [-0.15, -0.1) is 11.8 Å². The van der Waals surface area contributed by atoms with Crippen LogP contribution in [-0.4, -0.2) is 45.5 Å². The normalized spacial score (nSPS) is 22.6. The van der Waals surface area contributed by atoms with Gasteiger partial charge < -0.3 is 9.64 Å². The van der Waals surface area contributed by atoms with Crippen molar-refractivity contribution in [1.29, 1.82) is 0 Å². The predicted molar refractivity (Wildman–Crippen MR) is 84.5 cm³/mol. The lowest BCUT2D eigenvalue weighted by molar-refractivity contribution is -0.136. The fraction of sp³-hybridized carbons (Fsp3) is 0.625. The van der Waals surface area contributed by atoms with Crippen LogP contribution in [0.3, 0.4) is 0 Å². The maximum atomic E-state index is 13.6. The van der Waals surface area contributed by atoms with E-state index in [1.165, 1.54) is 12.3 Å². The summed E-state index contributed by atoms with van der Waals surface area (Å²) in [6, 6.07) is 2.91. The molecule has 120 valence electrons. The van der Waals surface area contributed by atoms with E-state index in [2.05, 4.69) is 11.9 Å². The second kappa shape index (κ2) is 6.44. The van der Waals surface area contributed by atoms with Crippen molar-refractivity contribution in [1.82, 2.24) is 9.88 Å². The summed E-state index contributed by atoms with van der Waals surface area (Å²) in [5.41, 5.74) is 0. The third-order valence-corrected chi connectivity index (χ3v) is 5.81. The maximum absolute atomic E-state index is 13.6. The Bertz CT molecular complexity index is 549. The fourth-order valence-electron chi connectivity index (χ4n) is 3.03. The molecular weight excluding hydrogens is 303 g/mol. The molecule has 22 heavy (non-hydrogen) atoms. The number of ether oxygens (including phenoxy) is 1. The first-order valence-corrected chi connectivity index (χ1v) is 8.79. The van der Waals surface area contributed by atoms with E-state index in [0.717, 1.165) is 38.1 Å². The number of hydrogen-bond acceptors (Lipinski definition) is 4. The van der Waals surface area contributed by atoms with Crippen molar-refractivity contribution in [2.75, 3.05) is 18.8 Å². The Balaban J connectivity index is 1.50. The minimum absolute atomic E-state index is 0.0257. The molecule has 0 saturated carbocycles. The average Bonchev–Trinajstić information content (AvgIpc) is 2.90. The second-order valence-corrected chi connectivity index (χ2v) is 7.57. The summed E-state index contributed by atoms with van der Waals surface area (Å²) in [5, 5.41) is 0. The molecule has 1 atom stereocenters. The van der Waals surface area contributed by atoms with Crippen molar-refractivity contribution in [3.63, 3.8) is 0 Å². The summed E-state index contributed by atoms with van der Waals surface area (Å²) in [6.07, 6.45) is 5.02. The summed E-state index contributed by atoms with van der Waals surface area (Å²) >= 11 is 1.84. The lowest BCUT2D eigenvalue weighted by atomic mass is 9.92. The van der Waals surface area contributed by atoms with Gasteiger partial charge in [-0.25, -0.2) is 9.37 Å². The topological polar surface area (TPSA) is 42.4 Å². The zero-order valence-electron chi connectivity index (χ0n) is 12.8. The smallest absolute Gasteiger partial charge is 0.250 e. The summed E-state index contributed by atoms with van der Waals surface area (Å²) in [6.45, 7) is 3.69. The molecule has 1 spiro atoms. The molecule has 6 heteroatoms. The quantitative estimate of drug-likeness (QED) is 0.835. The van der Waals surface area contributed by atoms with Crippen LogP contribution in [0, 0.1) is 5.82 Å². The molecule has 3 heterocycles. The van der Waals surface area contributed by atoms with E-state index in [4.69, 9.17) is 4.74 Å². The number of unbranched alkanes of at least 4 members (excludes halogenated alkanes) is 1. The number of carbonyl (C=O) groups excluding carboxylic acids is 1. The van der Waals surface area contributed by atoms with Crippen molar-refractivity contribution in [2.24, 2.45) is 0 Å². The first-order chi connectivity index (χ1) is 10.6. The van der Waals surface area contributed by atoms with Gasteiger partial charge in [-0.2, -0.15) is 0 Å². The summed E-state index contributed by atoms with van der Waals surface area (Å²) in [7, 11) is 0. The Labute approximate surface area is 134 Å². The highest BCUT2D eigenvalue weighted by Crippen LogP contribution is 2.46. The van der Waals surface area contributed by atoms with Crippen LogP contribution in [0.5, 0.6) is 5.88 Å². The lowest BCUT2D eigenvalue weighted by Crippen LogP contribution is -2.60. The van der Waals surface area contributed by atoms with Crippen molar-refractivity contribution in [2.45, 2.75) is 43.5 Å². The molecule has 0 unspecified atom stereocenters. The maximum Gasteiger partial charge on any atom is 0.250 e. The molecular formula is C16H21FN2O2S. The standard InChI is InChI=1S/C16H21FN2O2S/c1-2-3-6-14(20)19-10-16(11-19)8-12(9-22-16)21-15-13(17)5-4-7-18-15/h4-5,7,12H,2-3,6,8-11H2,1H3/t12-/m1/s1. The minimum Gasteiger partial charge on any atom is -0.471 e. The number of hydrogen-bond donors (Lipinski definition) is 0. The van der Waals surface area contributed by atoms with E-state index in [9.17, 15) is 9.18 Å². The van der Waals surface area contributed by atoms with Crippen LogP contribution in [0.1, 0.15) is 32.6 Å². The van der Waals surface area contributed by atoms with Gasteiger partial charge in [-0.1, -0.05) is 13.3 Å². The van der Waals surface area contributed by atoms with Crippen LogP contribution in [0.4, 0.5) is 4.39 Å². The highest BCUT2D eigenvalue weighted by Gasteiger charge is 2.51. The molecule has 0 radical (unpaired) electrons. The third kappa shape index (κ3) is 3.21. The van der Waals surface area contributed by atoms with Crippen molar-refractivity contribution in [3.05, 3.63) is 24.1 Å². The van der Waals surface area contributed by atoms with E-state index in [-0.39, 0.29) is 22.6 Å². The SMILES string of the molecule is CCCCC(=O)N1CC2(C[C@@H](Oc3ncccc3F)CS2)C1. The van der Waals surface area contributed by atoms with Gasteiger partial charge in [-0.3, -0.25) is 4.79 Å². The molecule has 1 aromatic heterocycles. The van der Waals surface area contributed by atoms with Crippen LogP contribution in [0.15, 0.2) is 18.3 Å². The molecule has 0 aromatic carbocycles. The first-order valence-electron chi connectivity index (χ1n) is 7.81. The summed E-state index contributed by atoms with van der Waals surface area (Å²) in [4.78, 5) is 17.8. The van der Waals surface area contributed by atoms with Gasteiger partial charge in [0.05, 0.1) is 4.75 Å². The number of aromatic nitrogens is 1. The summed E-state index contributed by atoms with van der Waals surface area (Å²) < 4.78 is 19.4. The molecule has 1 aromatic rings. The van der Waals surface area contributed by atoms with Crippen LogP contribution in [0.2, 0.25) is 0 Å². The van der Waals surface area contributed by atoms with Crippen LogP contribution in [0.25, 0.3) is 0 Å². The van der Waals surface area contributed by atoms with Gasteiger partial charge in [-0.05, 0) is 18.6 Å². The third-order valence-electron chi connectivity index (χ3n) is 4.23. The number of carbonyl (C=O) groups is 1. The van der Waals surface area contributed by atoms with E-state index in [0.29, 0.717) is 6.42 Å². The van der Waals surface area contributed by atoms with Crippen molar-refractivity contribution in [3.8, 4) is 5.88 Å². The monoisotopic (exact) mass is 324 g/mol. The number of amides is 1. The van der Waals surface area contributed by atoms with E-state index >= 15 is 0 Å². The van der Waals surface area contributed by atoms with Gasteiger partial charge in [0.15, 0.2) is 5.82 Å². The highest BCUT2D eigenvalue weighted by atomic mass is 32.2. The Morgan fingerprint density at radius 1 is 1.59 bits per heavy atom. The molecule has 0 aliphatic carbocycles.